The average molecular weight is 187 g/mol. The second kappa shape index (κ2) is 5.57. The van der Waals surface area contributed by atoms with Crippen molar-refractivity contribution in [2.75, 3.05) is 6.61 Å². The molecule has 0 saturated carbocycles. The number of rotatable bonds is 3. The van der Waals surface area contributed by atoms with Gasteiger partial charge in [0.25, 0.3) is 0 Å². The van der Waals surface area contributed by atoms with Gasteiger partial charge in [0.05, 0.1) is 12.2 Å². The molecule has 66 valence electrons. The topological polar surface area (TPSA) is 55.7 Å². The van der Waals surface area contributed by atoms with Gasteiger partial charge in [-0.25, -0.2) is 9.59 Å². The number of aliphatic imine (C=N–C) groups is 1. The molecule has 5 heteroatoms. The van der Waals surface area contributed by atoms with Gasteiger partial charge in [-0.15, -0.1) is 12.6 Å². The molecule has 0 aromatic rings. The van der Waals surface area contributed by atoms with Gasteiger partial charge in [-0.2, -0.15) is 4.99 Å². The van der Waals surface area contributed by atoms with E-state index in [0.717, 1.165) is 0 Å². The van der Waals surface area contributed by atoms with Crippen LogP contribution in [0.5, 0.6) is 0 Å². The molecule has 0 unspecified atom stereocenters. The minimum Gasteiger partial charge on any atom is -0.463 e. The fourth-order valence-electron chi connectivity index (χ4n) is 0.458. The van der Waals surface area contributed by atoms with E-state index in [1.54, 1.807) is 6.92 Å². The fraction of sp³-hybridized carbons (Fsp3) is 0.429. The van der Waals surface area contributed by atoms with Crippen LogP contribution in [0.1, 0.15) is 13.8 Å². The summed E-state index contributed by atoms with van der Waals surface area (Å²) in [6.07, 6.45) is 1.28. The third kappa shape index (κ3) is 3.37. The maximum Gasteiger partial charge on any atom is 0.336 e. The molecule has 4 nitrogen and oxygen atoms in total. The first-order valence-corrected chi connectivity index (χ1v) is 3.73. The third-order valence-electron chi connectivity index (χ3n) is 1.07. The largest absolute Gasteiger partial charge is 0.463 e. The second-order valence-corrected chi connectivity index (χ2v) is 2.30. The van der Waals surface area contributed by atoms with Crippen molar-refractivity contribution in [2.24, 2.45) is 4.99 Å². The van der Waals surface area contributed by atoms with Gasteiger partial charge in [-0.1, -0.05) is 0 Å². The minimum atomic E-state index is -0.526. The van der Waals surface area contributed by atoms with Crippen LogP contribution in [0.25, 0.3) is 0 Å². The maximum absolute atomic E-state index is 10.9. The minimum absolute atomic E-state index is 0.0310. The van der Waals surface area contributed by atoms with Crippen molar-refractivity contribution in [1.29, 1.82) is 0 Å². The Bertz CT molecular complexity index is 253. The summed E-state index contributed by atoms with van der Waals surface area (Å²) in [6, 6.07) is 0. The lowest BCUT2D eigenvalue weighted by Crippen LogP contribution is -2.05. The Hall–Kier alpha value is -1.06. The van der Waals surface area contributed by atoms with Crippen LogP contribution >= 0.6 is 12.6 Å². The van der Waals surface area contributed by atoms with Crippen LogP contribution in [0.4, 0.5) is 0 Å². The van der Waals surface area contributed by atoms with Gasteiger partial charge in [0.15, 0.2) is 0 Å². The molecule has 0 heterocycles. The smallest absolute Gasteiger partial charge is 0.336 e. The summed E-state index contributed by atoms with van der Waals surface area (Å²) in [5.41, 5.74) is 0.198. The van der Waals surface area contributed by atoms with Crippen LogP contribution in [0.2, 0.25) is 0 Å². The summed E-state index contributed by atoms with van der Waals surface area (Å²) < 4.78 is 4.64. The Balaban J connectivity index is 4.53. The van der Waals surface area contributed by atoms with Gasteiger partial charge in [-0.05, 0) is 13.8 Å². The number of thiol groups is 1. The molecule has 0 N–H and O–H groups in total. The molecule has 0 fully saturated rings. The normalized spacial score (nSPS) is 11.2. The van der Waals surface area contributed by atoms with E-state index >= 15 is 0 Å². The van der Waals surface area contributed by atoms with Crippen LogP contribution in [-0.4, -0.2) is 18.7 Å². The Labute approximate surface area is 75.7 Å². The number of esters is 1. The van der Waals surface area contributed by atoms with Crippen molar-refractivity contribution in [3.05, 3.63) is 10.6 Å². The van der Waals surface area contributed by atoms with Crippen LogP contribution in [-0.2, 0) is 14.3 Å². The predicted molar refractivity (Wildman–Crippen MR) is 46.4 cm³/mol. The second-order valence-electron chi connectivity index (χ2n) is 1.87. The zero-order chi connectivity index (χ0) is 9.56. The first kappa shape index (κ1) is 10.9. The van der Waals surface area contributed by atoms with E-state index < -0.39 is 5.97 Å². The van der Waals surface area contributed by atoms with Gasteiger partial charge in [-0.3, -0.25) is 0 Å². The van der Waals surface area contributed by atoms with Gasteiger partial charge in [0, 0.05) is 0 Å². The van der Waals surface area contributed by atoms with Crippen LogP contribution in [0.15, 0.2) is 15.6 Å². The molecule has 0 saturated heterocycles. The van der Waals surface area contributed by atoms with E-state index in [4.69, 9.17) is 0 Å². The Kier molecular flexibility index (Phi) is 5.08. The maximum atomic E-state index is 10.9. The highest BCUT2D eigenvalue weighted by atomic mass is 32.1. The Morgan fingerprint density at radius 1 is 1.67 bits per heavy atom. The van der Waals surface area contributed by atoms with Crippen LogP contribution in [0, 0.1) is 0 Å². The zero-order valence-electron chi connectivity index (χ0n) is 6.83. The summed E-state index contributed by atoms with van der Waals surface area (Å²) in [7, 11) is 0. The van der Waals surface area contributed by atoms with Crippen molar-refractivity contribution in [2.45, 2.75) is 13.8 Å². The molecular weight excluding hydrogens is 178 g/mol. The quantitative estimate of drug-likeness (QED) is 0.236. The first-order valence-electron chi connectivity index (χ1n) is 3.28. The molecule has 0 atom stereocenters. The van der Waals surface area contributed by atoms with Crippen molar-refractivity contribution in [1.82, 2.24) is 0 Å². The van der Waals surface area contributed by atoms with Crippen LogP contribution in [0.3, 0.4) is 0 Å². The van der Waals surface area contributed by atoms with Gasteiger partial charge < -0.3 is 4.74 Å². The number of hydrogen-bond donors (Lipinski definition) is 1. The SMILES string of the molecule is CCOC(=O)/C(C)=C(/S)N=C=O. The Morgan fingerprint density at radius 2 is 2.25 bits per heavy atom. The van der Waals surface area contributed by atoms with Crippen LogP contribution < -0.4 is 0 Å². The van der Waals surface area contributed by atoms with Gasteiger partial charge >= 0.3 is 5.97 Å². The van der Waals surface area contributed by atoms with Crippen molar-refractivity contribution in [3.63, 3.8) is 0 Å². The highest BCUT2D eigenvalue weighted by Crippen LogP contribution is 2.10. The molecule has 0 aliphatic carbocycles. The summed E-state index contributed by atoms with van der Waals surface area (Å²) in [5, 5.41) is 0.0310. The lowest BCUT2D eigenvalue weighted by atomic mass is 10.3. The molecule has 0 spiro atoms. The molecule has 0 aliphatic rings. The van der Waals surface area contributed by atoms with Crippen molar-refractivity contribution < 1.29 is 14.3 Å². The van der Waals surface area contributed by atoms with E-state index in [-0.39, 0.29) is 17.2 Å². The van der Waals surface area contributed by atoms with E-state index in [0.29, 0.717) is 0 Å². The van der Waals surface area contributed by atoms with Gasteiger partial charge in [0.2, 0.25) is 6.08 Å². The van der Waals surface area contributed by atoms with E-state index in [9.17, 15) is 9.59 Å². The van der Waals surface area contributed by atoms with E-state index in [1.165, 1.54) is 13.0 Å². The van der Waals surface area contributed by atoms with Crippen molar-refractivity contribution >= 4 is 24.7 Å². The van der Waals surface area contributed by atoms with E-state index in [1.807, 2.05) is 0 Å². The highest BCUT2D eigenvalue weighted by molar-refractivity contribution is 7.84. The molecular formula is C7H9NO3S. The van der Waals surface area contributed by atoms with Crippen molar-refractivity contribution in [3.8, 4) is 0 Å². The number of nitrogens with zero attached hydrogens (tertiary/aromatic N) is 1. The summed E-state index contributed by atoms with van der Waals surface area (Å²) in [5.74, 6) is -0.526. The summed E-state index contributed by atoms with van der Waals surface area (Å²) in [6.45, 7) is 3.44. The molecule has 0 bridgehead atoms. The standard InChI is InChI=1S/C7H9NO3S/c1-3-11-7(10)5(2)6(12)8-4-9/h12H,3H2,1-2H3/b6-5+. The molecule has 0 aromatic heterocycles. The number of hydrogen-bond acceptors (Lipinski definition) is 5. The zero-order valence-corrected chi connectivity index (χ0v) is 7.72. The average Bonchev–Trinajstić information content (AvgIpc) is 2.04. The molecule has 0 rings (SSSR count). The predicted octanol–water partition coefficient (Wildman–Crippen LogP) is 1.05. The lowest BCUT2D eigenvalue weighted by molar-refractivity contribution is -0.138. The first-order chi connectivity index (χ1) is 5.63. The fourth-order valence-corrected chi connectivity index (χ4v) is 0.590. The third-order valence-corrected chi connectivity index (χ3v) is 1.50. The molecule has 0 amide bonds. The number of carbonyl (C=O) groups is 1. The molecule has 0 radical (unpaired) electrons. The van der Waals surface area contributed by atoms with Gasteiger partial charge in [0.1, 0.15) is 5.03 Å². The molecule has 12 heavy (non-hydrogen) atoms. The Morgan fingerprint density at radius 3 is 2.67 bits per heavy atom. The summed E-state index contributed by atoms with van der Waals surface area (Å²) in [4.78, 5) is 23.9. The summed E-state index contributed by atoms with van der Waals surface area (Å²) >= 11 is 3.79. The van der Waals surface area contributed by atoms with E-state index in [2.05, 4.69) is 22.4 Å². The lowest BCUT2D eigenvalue weighted by Gasteiger charge is -2.00. The molecule has 0 aliphatic heterocycles. The number of ether oxygens (including phenoxy) is 1. The monoisotopic (exact) mass is 187 g/mol. The molecule has 0 aromatic carbocycles. The number of isocyanates is 1. The highest BCUT2D eigenvalue weighted by Gasteiger charge is 2.08. The number of carbonyl (C=O) groups excluding carboxylic acids is 2.